The van der Waals surface area contributed by atoms with Gasteiger partial charge in [-0.1, -0.05) is 30.8 Å². The summed E-state index contributed by atoms with van der Waals surface area (Å²) in [6, 6.07) is 11.1. The van der Waals surface area contributed by atoms with Gasteiger partial charge in [0.2, 0.25) is 5.78 Å². The fourth-order valence-electron chi connectivity index (χ4n) is 2.92. The van der Waals surface area contributed by atoms with Crippen molar-refractivity contribution in [1.29, 1.82) is 0 Å². The van der Waals surface area contributed by atoms with Gasteiger partial charge in [0.15, 0.2) is 10.9 Å². The second-order valence-corrected chi connectivity index (χ2v) is 9.31. The molecule has 0 N–H and O–H groups in total. The van der Waals surface area contributed by atoms with Crippen molar-refractivity contribution in [3.8, 4) is 0 Å². The van der Waals surface area contributed by atoms with Crippen LogP contribution in [0.15, 0.2) is 50.1 Å². The van der Waals surface area contributed by atoms with Crippen LogP contribution in [-0.2, 0) is 6.54 Å². The lowest BCUT2D eigenvalue weighted by Gasteiger charge is -2.10. The second kappa shape index (κ2) is 7.57. The Morgan fingerprint density at radius 2 is 2.04 bits per heavy atom. The molecule has 0 saturated carbocycles. The first-order valence-electron chi connectivity index (χ1n) is 8.38. The van der Waals surface area contributed by atoms with Gasteiger partial charge in [-0.05, 0) is 46.6 Å². The lowest BCUT2D eigenvalue weighted by Crippen LogP contribution is -2.23. The van der Waals surface area contributed by atoms with Crippen LogP contribution in [0.4, 0.5) is 0 Å². The number of ketones is 1. The molecule has 0 unspecified atom stereocenters. The zero-order valence-electron chi connectivity index (χ0n) is 14.4. The number of thioether (sulfide) groups is 1. The van der Waals surface area contributed by atoms with Crippen LogP contribution in [0.2, 0.25) is 0 Å². The molecule has 0 aliphatic carbocycles. The van der Waals surface area contributed by atoms with Crippen molar-refractivity contribution in [3.63, 3.8) is 0 Å². The summed E-state index contributed by atoms with van der Waals surface area (Å²) in [7, 11) is 0. The van der Waals surface area contributed by atoms with E-state index in [1.54, 1.807) is 4.57 Å². The molecule has 0 radical (unpaired) electrons. The van der Waals surface area contributed by atoms with Gasteiger partial charge in [0, 0.05) is 6.54 Å². The number of Topliss-reactive ketones (excluding diaryl/α,β-unsaturated/α-hetero) is 1. The van der Waals surface area contributed by atoms with Crippen LogP contribution in [0, 0.1) is 0 Å². The van der Waals surface area contributed by atoms with Gasteiger partial charge in [0.25, 0.3) is 5.56 Å². The number of nitrogens with zero attached hydrogens (tertiary/aromatic N) is 4. The summed E-state index contributed by atoms with van der Waals surface area (Å²) in [6.07, 6.45) is 0.814. The fraction of sp³-hybridized carbons (Fsp3) is 0.222. The average molecular weight is 463 g/mol. The van der Waals surface area contributed by atoms with Crippen LogP contribution in [0.5, 0.6) is 0 Å². The third-order valence-corrected chi connectivity index (χ3v) is 6.70. The van der Waals surface area contributed by atoms with E-state index in [4.69, 9.17) is 0 Å². The van der Waals surface area contributed by atoms with E-state index in [0.29, 0.717) is 27.7 Å². The molecular weight excluding hydrogens is 448 g/mol. The van der Waals surface area contributed by atoms with Gasteiger partial charge in [-0.3, -0.25) is 18.6 Å². The van der Waals surface area contributed by atoms with Crippen molar-refractivity contribution in [2.75, 3.05) is 5.75 Å². The number of benzene rings is 1. The standard InChI is InChI=1S/C18H15BrN4O2S2/c1-2-9-22-16(25)11-5-3-4-6-12(11)23-17(22)20-21-18(23)26-10-13(24)14-7-8-15(19)27-14/h3-8H,2,9-10H2,1H3. The largest absolute Gasteiger partial charge is 0.292 e. The summed E-state index contributed by atoms with van der Waals surface area (Å²) in [6.45, 7) is 2.58. The van der Waals surface area contributed by atoms with Gasteiger partial charge in [0.1, 0.15) is 0 Å². The molecule has 138 valence electrons. The Kier molecular flexibility index (Phi) is 5.16. The summed E-state index contributed by atoms with van der Waals surface area (Å²) in [4.78, 5) is 26.0. The van der Waals surface area contributed by atoms with Crippen LogP contribution in [0.1, 0.15) is 23.0 Å². The molecular formula is C18H15BrN4O2S2. The predicted molar refractivity (Wildman–Crippen MR) is 112 cm³/mol. The Bertz CT molecular complexity index is 1210. The highest BCUT2D eigenvalue weighted by molar-refractivity contribution is 9.11. The number of para-hydroxylation sites is 1. The first kappa shape index (κ1) is 18.4. The summed E-state index contributed by atoms with van der Waals surface area (Å²) < 4.78 is 4.45. The number of halogens is 1. The van der Waals surface area contributed by atoms with Crippen molar-refractivity contribution >= 4 is 61.5 Å². The number of hydrogen-bond acceptors (Lipinski definition) is 6. The number of fused-ring (bicyclic) bond motifs is 3. The smallest absolute Gasteiger partial charge is 0.262 e. The average Bonchev–Trinajstić information content (AvgIpc) is 3.30. The molecule has 0 atom stereocenters. The lowest BCUT2D eigenvalue weighted by atomic mass is 10.2. The summed E-state index contributed by atoms with van der Waals surface area (Å²) in [5, 5.41) is 9.73. The van der Waals surface area contributed by atoms with E-state index in [0.717, 1.165) is 15.7 Å². The minimum atomic E-state index is -0.0663. The topological polar surface area (TPSA) is 69.3 Å². The van der Waals surface area contributed by atoms with Crippen LogP contribution >= 0.6 is 39.0 Å². The van der Waals surface area contributed by atoms with Gasteiger partial charge in [-0.15, -0.1) is 21.5 Å². The minimum Gasteiger partial charge on any atom is -0.292 e. The quantitative estimate of drug-likeness (QED) is 0.316. The first-order valence-corrected chi connectivity index (χ1v) is 11.0. The number of carbonyl (C=O) groups is 1. The van der Waals surface area contributed by atoms with E-state index in [1.807, 2.05) is 47.7 Å². The Hall–Kier alpha value is -1.97. The van der Waals surface area contributed by atoms with Crippen molar-refractivity contribution in [1.82, 2.24) is 19.2 Å². The highest BCUT2D eigenvalue weighted by Gasteiger charge is 2.18. The fourth-order valence-corrected chi connectivity index (χ4v) is 5.16. The third-order valence-electron chi connectivity index (χ3n) is 4.11. The van der Waals surface area contributed by atoms with Crippen molar-refractivity contribution < 1.29 is 4.79 Å². The van der Waals surface area contributed by atoms with E-state index in [1.165, 1.54) is 23.1 Å². The van der Waals surface area contributed by atoms with Crippen molar-refractivity contribution in [2.45, 2.75) is 25.0 Å². The first-order chi connectivity index (χ1) is 13.1. The van der Waals surface area contributed by atoms with Gasteiger partial charge in [-0.25, -0.2) is 0 Å². The van der Waals surface area contributed by atoms with Crippen LogP contribution in [0.25, 0.3) is 16.7 Å². The second-order valence-electron chi connectivity index (χ2n) is 5.91. The molecule has 27 heavy (non-hydrogen) atoms. The number of aromatic nitrogens is 4. The molecule has 3 aromatic heterocycles. The zero-order valence-corrected chi connectivity index (χ0v) is 17.6. The van der Waals surface area contributed by atoms with Gasteiger partial charge < -0.3 is 0 Å². The number of thiophene rings is 1. The lowest BCUT2D eigenvalue weighted by molar-refractivity contribution is 0.102. The maximum absolute atomic E-state index is 12.8. The molecule has 1 aromatic carbocycles. The van der Waals surface area contributed by atoms with E-state index < -0.39 is 0 Å². The molecule has 4 aromatic rings. The Morgan fingerprint density at radius 3 is 2.78 bits per heavy atom. The van der Waals surface area contributed by atoms with Gasteiger partial charge in [0.05, 0.1) is 25.3 Å². The Morgan fingerprint density at radius 1 is 1.22 bits per heavy atom. The van der Waals surface area contributed by atoms with Crippen molar-refractivity contribution in [3.05, 3.63) is 55.4 Å². The minimum absolute atomic E-state index is 0.0404. The Labute approximate surface area is 171 Å². The number of aryl methyl sites for hydroxylation is 1. The monoisotopic (exact) mass is 462 g/mol. The number of rotatable bonds is 6. The summed E-state index contributed by atoms with van der Waals surface area (Å²) in [5.74, 6) is 0.808. The highest BCUT2D eigenvalue weighted by Crippen LogP contribution is 2.26. The summed E-state index contributed by atoms with van der Waals surface area (Å²) in [5.41, 5.74) is 0.687. The van der Waals surface area contributed by atoms with E-state index in [-0.39, 0.29) is 17.1 Å². The predicted octanol–water partition coefficient (Wildman–Crippen LogP) is 4.25. The van der Waals surface area contributed by atoms with Gasteiger partial charge >= 0.3 is 0 Å². The molecule has 0 fully saturated rings. The maximum Gasteiger partial charge on any atom is 0.262 e. The molecule has 0 aliphatic rings. The molecule has 0 saturated heterocycles. The maximum atomic E-state index is 12.8. The van der Waals surface area contributed by atoms with Crippen LogP contribution in [-0.4, -0.2) is 30.7 Å². The molecule has 9 heteroatoms. The van der Waals surface area contributed by atoms with Crippen molar-refractivity contribution in [2.24, 2.45) is 0 Å². The van der Waals surface area contributed by atoms with Gasteiger partial charge in [-0.2, -0.15) is 0 Å². The molecule has 0 bridgehead atoms. The van der Waals surface area contributed by atoms with Crippen LogP contribution < -0.4 is 5.56 Å². The highest BCUT2D eigenvalue weighted by atomic mass is 79.9. The molecule has 0 aliphatic heterocycles. The third kappa shape index (κ3) is 3.35. The molecule has 0 spiro atoms. The number of hydrogen-bond donors (Lipinski definition) is 0. The molecule has 4 rings (SSSR count). The van der Waals surface area contributed by atoms with E-state index in [9.17, 15) is 9.59 Å². The van der Waals surface area contributed by atoms with Crippen LogP contribution in [0.3, 0.4) is 0 Å². The SMILES string of the molecule is CCCn1c(=O)c2ccccc2n2c(SCC(=O)c3ccc(Br)s3)nnc12. The molecule has 3 heterocycles. The zero-order chi connectivity index (χ0) is 19.0. The normalized spacial score (nSPS) is 11.5. The van der Waals surface area contributed by atoms with E-state index in [2.05, 4.69) is 26.1 Å². The number of carbonyl (C=O) groups excluding carboxylic acids is 1. The van der Waals surface area contributed by atoms with E-state index >= 15 is 0 Å². The molecule has 6 nitrogen and oxygen atoms in total. The summed E-state index contributed by atoms with van der Waals surface area (Å²) >= 11 is 6.13. The molecule has 0 amide bonds. The Balaban J connectivity index is 1.78.